The van der Waals surface area contributed by atoms with E-state index in [9.17, 15) is 13.2 Å². The van der Waals surface area contributed by atoms with Gasteiger partial charge in [-0.3, -0.25) is 4.79 Å². The third-order valence-electron chi connectivity index (χ3n) is 5.77. The molecule has 25 heavy (non-hydrogen) atoms. The molecule has 2 fully saturated rings. The number of benzene rings is 1. The Bertz CT molecular complexity index is 738. The minimum atomic E-state index is -3.44. The second-order valence-electron chi connectivity index (χ2n) is 7.27. The average Bonchev–Trinajstić information content (AvgIpc) is 2.60. The quantitative estimate of drug-likeness (QED) is 0.871. The molecule has 0 saturated heterocycles. The molecule has 2 saturated carbocycles. The van der Waals surface area contributed by atoms with Gasteiger partial charge in [-0.2, -0.15) is 0 Å². The summed E-state index contributed by atoms with van der Waals surface area (Å²) in [5, 5.41) is 3.11. The lowest BCUT2D eigenvalue weighted by molar-refractivity contribution is -0.146. The second-order valence-corrected chi connectivity index (χ2v) is 9.25. The summed E-state index contributed by atoms with van der Waals surface area (Å²) >= 11 is 0. The Morgan fingerprint density at radius 2 is 1.92 bits per heavy atom. The molecular formula is C19H27NO4S. The first-order valence-electron chi connectivity index (χ1n) is 9.10. The first-order chi connectivity index (χ1) is 11.9. The van der Waals surface area contributed by atoms with E-state index in [0.29, 0.717) is 6.61 Å². The lowest BCUT2D eigenvalue weighted by Crippen LogP contribution is -2.65. The standard InChI is InChI=1S/C19H27NO4S/c1-3-24-17-13-16(19(17)11-7-4-8-12-19)20-18(21)14-9-5-6-10-15(14)25(2,22)23/h5-6,9-10,16-17H,3-4,7-8,11-13H2,1-2H3,(H,20,21). The predicted octanol–water partition coefficient (Wildman–Crippen LogP) is 2.95. The third-order valence-corrected chi connectivity index (χ3v) is 6.93. The molecule has 3 rings (SSSR count). The molecule has 1 aromatic carbocycles. The average molecular weight is 365 g/mol. The maximum atomic E-state index is 12.8. The van der Waals surface area contributed by atoms with E-state index in [4.69, 9.17) is 4.74 Å². The number of nitrogens with one attached hydrogen (secondary N) is 1. The van der Waals surface area contributed by atoms with Gasteiger partial charge in [0.15, 0.2) is 9.84 Å². The van der Waals surface area contributed by atoms with Crippen molar-refractivity contribution in [2.24, 2.45) is 5.41 Å². The van der Waals surface area contributed by atoms with E-state index in [-0.39, 0.29) is 33.9 Å². The summed E-state index contributed by atoms with van der Waals surface area (Å²) in [5.74, 6) is -0.300. The molecule has 1 N–H and O–H groups in total. The number of carbonyl (C=O) groups is 1. The van der Waals surface area contributed by atoms with Crippen LogP contribution < -0.4 is 5.32 Å². The summed E-state index contributed by atoms with van der Waals surface area (Å²) in [6.45, 7) is 2.69. The molecule has 138 valence electrons. The van der Waals surface area contributed by atoms with Crippen molar-refractivity contribution in [2.75, 3.05) is 12.9 Å². The van der Waals surface area contributed by atoms with Crippen LogP contribution >= 0.6 is 0 Å². The number of hydrogen-bond donors (Lipinski definition) is 1. The van der Waals surface area contributed by atoms with Crippen molar-refractivity contribution in [3.8, 4) is 0 Å². The first kappa shape index (κ1) is 18.4. The highest BCUT2D eigenvalue weighted by Crippen LogP contribution is 2.53. The van der Waals surface area contributed by atoms with E-state index in [1.807, 2.05) is 6.92 Å². The zero-order valence-corrected chi connectivity index (χ0v) is 15.8. The summed E-state index contributed by atoms with van der Waals surface area (Å²) in [6, 6.07) is 6.47. The van der Waals surface area contributed by atoms with Crippen molar-refractivity contribution in [3.63, 3.8) is 0 Å². The van der Waals surface area contributed by atoms with Crippen molar-refractivity contribution in [2.45, 2.75) is 62.5 Å². The maximum absolute atomic E-state index is 12.8. The third kappa shape index (κ3) is 3.47. The highest BCUT2D eigenvalue weighted by atomic mass is 32.2. The Labute approximate surface area is 150 Å². The van der Waals surface area contributed by atoms with Gasteiger partial charge in [-0.05, 0) is 38.3 Å². The van der Waals surface area contributed by atoms with Crippen molar-refractivity contribution >= 4 is 15.7 Å². The van der Waals surface area contributed by atoms with Gasteiger partial charge in [0.2, 0.25) is 0 Å². The number of carbonyl (C=O) groups excluding carboxylic acids is 1. The molecule has 0 aromatic heterocycles. The molecular weight excluding hydrogens is 338 g/mol. The van der Waals surface area contributed by atoms with Gasteiger partial charge in [0.25, 0.3) is 5.91 Å². The van der Waals surface area contributed by atoms with E-state index >= 15 is 0 Å². The molecule has 5 nitrogen and oxygen atoms in total. The first-order valence-corrected chi connectivity index (χ1v) is 11.0. The molecule has 0 heterocycles. The van der Waals surface area contributed by atoms with Gasteiger partial charge in [0.05, 0.1) is 16.6 Å². The lowest BCUT2D eigenvalue weighted by atomic mass is 9.55. The Hall–Kier alpha value is -1.40. The largest absolute Gasteiger partial charge is 0.378 e. The van der Waals surface area contributed by atoms with Gasteiger partial charge in [-0.25, -0.2) is 8.42 Å². The van der Waals surface area contributed by atoms with Gasteiger partial charge in [0.1, 0.15) is 0 Å². The Morgan fingerprint density at radius 3 is 2.56 bits per heavy atom. The van der Waals surface area contributed by atoms with Crippen LogP contribution in [0, 0.1) is 5.41 Å². The number of sulfone groups is 1. The van der Waals surface area contributed by atoms with Crippen LogP contribution in [0.3, 0.4) is 0 Å². The summed E-state index contributed by atoms with van der Waals surface area (Å²) in [7, 11) is -3.44. The van der Waals surface area contributed by atoms with Crippen LogP contribution in [0.2, 0.25) is 0 Å². The second kappa shape index (κ2) is 7.08. The fraction of sp³-hybridized carbons (Fsp3) is 0.632. The number of hydrogen-bond acceptors (Lipinski definition) is 4. The lowest BCUT2D eigenvalue weighted by Gasteiger charge is -2.57. The Morgan fingerprint density at radius 1 is 1.24 bits per heavy atom. The van der Waals surface area contributed by atoms with E-state index in [2.05, 4.69) is 5.32 Å². The molecule has 2 unspecified atom stereocenters. The molecule has 2 aliphatic carbocycles. The molecule has 2 aliphatic rings. The van der Waals surface area contributed by atoms with E-state index in [1.165, 1.54) is 12.5 Å². The molecule has 1 amide bonds. The van der Waals surface area contributed by atoms with Crippen molar-refractivity contribution in [3.05, 3.63) is 29.8 Å². The molecule has 0 aliphatic heterocycles. The minimum absolute atomic E-state index is 0.0178. The topological polar surface area (TPSA) is 72.5 Å². The van der Waals surface area contributed by atoms with Crippen molar-refractivity contribution < 1.29 is 17.9 Å². The van der Waals surface area contributed by atoms with Crippen LogP contribution in [-0.4, -0.2) is 39.3 Å². The number of rotatable bonds is 5. The van der Waals surface area contributed by atoms with Gasteiger partial charge in [-0.1, -0.05) is 31.4 Å². The molecule has 1 spiro atoms. The minimum Gasteiger partial charge on any atom is -0.378 e. The highest BCUT2D eigenvalue weighted by molar-refractivity contribution is 7.90. The highest BCUT2D eigenvalue weighted by Gasteiger charge is 2.56. The number of amides is 1. The Balaban J connectivity index is 1.80. The molecule has 0 radical (unpaired) electrons. The van der Waals surface area contributed by atoms with Crippen LogP contribution in [0.4, 0.5) is 0 Å². The van der Waals surface area contributed by atoms with Crippen LogP contribution in [0.1, 0.15) is 55.8 Å². The van der Waals surface area contributed by atoms with Gasteiger partial charge in [-0.15, -0.1) is 0 Å². The number of ether oxygens (including phenoxy) is 1. The molecule has 1 aromatic rings. The Kier molecular flexibility index (Phi) is 5.21. The van der Waals surface area contributed by atoms with Crippen LogP contribution in [-0.2, 0) is 14.6 Å². The molecule has 2 atom stereocenters. The summed E-state index contributed by atoms with van der Waals surface area (Å²) in [6.07, 6.45) is 7.83. The van der Waals surface area contributed by atoms with Crippen LogP contribution in [0.15, 0.2) is 29.2 Å². The zero-order chi connectivity index (χ0) is 18.1. The summed E-state index contributed by atoms with van der Waals surface area (Å²) < 4.78 is 29.8. The maximum Gasteiger partial charge on any atom is 0.252 e. The molecule has 0 bridgehead atoms. The fourth-order valence-electron chi connectivity index (χ4n) is 4.48. The summed E-state index contributed by atoms with van der Waals surface area (Å²) in [4.78, 5) is 12.9. The van der Waals surface area contributed by atoms with Crippen LogP contribution in [0.25, 0.3) is 0 Å². The summed E-state index contributed by atoms with van der Waals surface area (Å²) in [5.41, 5.74) is 0.250. The van der Waals surface area contributed by atoms with Crippen LogP contribution in [0.5, 0.6) is 0 Å². The van der Waals surface area contributed by atoms with Crippen molar-refractivity contribution in [1.82, 2.24) is 5.32 Å². The fourth-order valence-corrected chi connectivity index (χ4v) is 5.37. The zero-order valence-electron chi connectivity index (χ0n) is 15.0. The van der Waals surface area contributed by atoms with Gasteiger partial charge in [0, 0.05) is 24.3 Å². The normalized spacial score (nSPS) is 25.4. The van der Waals surface area contributed by atoms with Gasteiger partial charge >= 0.3 is 0 Å². The monoisotopic (exact) mass is 365 g/mol. The SMILES string of the molecule is CCOC1CC(NC(=O)c2ccccc2S(C)(=O)=O)C12CCCCC2. The predicted molar refractivity (Wildman–Crippen MR) is 96.4 cm³/mol. The van der Waals surface area contributed by atoms with E-state index < -0.39 is 9.84 Å². The van der Waals surface area contributed by atoms with E-state index in [0.717, 1.165) is 38.4 Å². The smallest absolute Gasteiger partial charge is 0.252 e. The van der Waals surface area contributed by atoms with E-state index in [1.54, 1.807) is 18.2 Å². The molecule has 6 heteroatoms. The van der Waals surface area contributed by atoms with Crippen molar-refractivity contribution in [1.29, 1.82) is 0 Å². The van der Waals surface area contributed by atoms with Gasteiger partial charge < -0.3 is 10.1 Å².